The minimum atomic E-state index is -0.0615. The summed E-state index contributed by atoms with van der Waals surface area (Å²) >= 11 is 1.71. The largest absolute Gasteiger partial charge is 0.372 e. The van der Waals surface area contributed by atoms with E-state index >= 15 is 0 Å². The van der Waals surface area contributed by atoms with Crippen molar-refractivity contribution in [3.8, 4) is 0 Å². The Morgan fingerprint density at radius 3 is 3.25 bits per heavy atom. The van der Waals surface area contributed by atoms with Gasteiger partial charge in [-0.2, -0.15) is 5.10 Å². The van der Waals surface area contributed by atoms with Gasteiger partial charge in [-0.05, 0) is 48.8 Å². The fourth-order valence-electron chi connectivity index (χ4n) is 3.69. The summed E-state index contributed by atoms with van der Waals surface area (Å²) in [7, 11) is 0. The van der Waals surface area contributed by atoms with E-state index < -0.39 is 0 Å². The zero-order chi connectivity index (χ0) is 16.5. The Hall–Kier alpha value is -1.66. The lowest BCUT2D eigenvalue weighted by Crippen LogP contribution is -2.41. The smallest absolute Gasteiger partial charge is 0.225 e. The summed E-state index contributed by atoms with van der Waals surface area (Å²) in [5.41, 5.74) is 2.52. The number of likely N-dealkylation sites (tertiary alicyclic amines) is 1. The highest BCUT2D eigenvalue weighted by molar-refractivity contribution is 7.10. The Morgan fingerprint density at radius 1 is 1.50 bits per heavy atom. The molecule has 0 aromatic carbocycles. The van der Waals surface area contributed by atoms with Crippen molar-refractivity contribution < 1.29 is 9.53 Å². The van der Waals surface area contributed by atoms with Crippen molar-refractivity contribution in [2.75, 3.05) is 19.7 Å². The van der Waals surface area contributed by atoms with Gasteiger partial charge in [0.25, 0.3) is 0 Å². The average Bonchev–Trinajstić information content (AvgIpc) is 3.24. The molecule has 4 heterocycles. The maximum Gasteiger partial charge on any atom is 0.225 e. The van der Waals surface area contributed by atoms with Gasteiger partial charge >= 0.3 is 0 Å². The first kappa shape index (κ1) is 15.8. The normalized spacial score (nSPS) is 24.0. The Bertz CT molecular complexity index is 723. The number of fused-ring (bicyclic) bond motifs is 1. The van der Waals surface area contributed by atoms with Gasteiger partial charge in [-0.25, -0.2) is 0 Å². The Morgan fingerprint density at radius 2 is 2.42 bits per heavy atom. The molecule has 1 saturated heterocycles. The number of aromatic nitrogens is 2. The number of carbonyl (C=O) groups is 1. The molecule has 0 bridgehead atoms. The van der Waals surface area contributed by atoms with Crippen LogP contribution < -0.4 is 0 Å². The summed E-state index contributed by atoms with van der Waals surface area (Å²) < 4.78 is 7.90. The zero-order valence-corrected chi connectivity index (χ0v) is 14.8. The highest BCUT2D eigenvalue weighted by Gasteiger charge is 2.30. The van der Waals surface area contributed by atoms with Crippen molar-refractivity contribution in [1.82, 2.24) is 14.7 Å². The van der Waals surface area contributed by atoms with Gasteiger partial charge in [0.05, 0.1) is 25.3 Å². The Kier molecular flexibility index (Phi) is 4.41. The van der Waals surface area contributed by atoms with Crippen LogP contribution in [0.3, 0.4) is 0 Å². The molecule has 2 aliphatic heterocycles. The van der Waals surface area contributed by atoms with Crippen LogP contribution in [0.2, 0.25) is 0 Å². The number of hydrogen-bond donors (Lipinski definition) is 0. The number of hydrogen-bond acceptors (Lipinski definition) is 4. The molecule has 0 saturated carbocycles. The van der Waals surface area contributed by atoms with Crippen molar-refractivity contribution >= 4 is 17.2 Å². The van der Waals surface area contributed by atoms with Crippen LogP contribution in [-0.4, -0.2) is 40.3 Å². The van der Waals surface area contributed by atoms with Crippen LogP contribution in [0.25, 0.3) is 0 Å². The van der Waals surface area contributed by atoms with Crippen LogP contribution >= 0.6 is 11.3 Å². The minimum Gasteiger partial charge on any atom is -0.372 e. The van der Waals surface area contributed by atoms with Gasteiger partial charge < -0.3 is 9.64 Å². The maximum absolute atomic E-state index is 12.8. The third-order valence-electron chi connectivity index (χ3n) is 4.98. The molecule has 2 atom stereocenters. The van der Waals surface area contributed by atoms with Crippen LogP contribution in [0.15, 0.2) is 23.8 Å². The lowest BCUT2D eigenvalue weighted by Gasteiger charge is -2.34. The zero-order valence-electron chi connectivity index (χ0n) is 14.0. The summed E-state index contributed by atoms with van der Waals surface area (Å²) in [4.78, 5) is 16.0. The maximum atomic E-state index is 12.8. The second-order valence-electron chi connectivity index (χ2n) is 6.76. The number of amides is 1. The fraction of sp³-hybridized carbons (Fsp3) is 0.556. The molecule has 128 valence electrons. The Balaban J connectivity index is 1.42. The molecule has 2 aliphatic rings. The van der Waals surface area contributed by atoms with Gasteiger partial charge in [0.15, 0.2) is 0 Å². The number of carbonyl (C=O) groups excluding carboxylic acids is 1. The number of aryl methyl sites for hydroxylation is 1. The van der Waals surface area contributed by atoms with Crippen LogP contribution in [0, 0.1) is 6.92 Å². The van der Waals surface area contributed by atoms with Crippen molar-refractivity contribution in [1.29, 1.82) is 0 Å². The lowest BCUT2D eigenvalue weighted by molar-refractivity contribution is -0.136. The Labute approximate surface area is 146 Å². The molecule has 24 heavy (non-hydrogen) atoms. The van der Waals surface area contributed by atoms with Crippen molar-refractivity contribution in [3.05, 3.63) is 39.8 Å². The molecule has 4 rings (SSSR count). The van der Waals surface area contributed by atoms with E-state index in [0.717, 1.165) is 39.0 Å². The highest BCUT2D eigenvalue weighted by atomic mass is 32.1. The van der Waals surface area contributed by atoms with E-state index in [2.05, 4.69) is 22.7 Å². The summed E-state index contributed by atoms with van der Waals surface area (Å²) in [6.45, 7) is 4.37. The topological polar surface area (TPSA) is 47.4 Å². The quantitative estimate of drug-likeness (QED) is 0.859. The van der Waals surface area contributed by atoms with E-state index in [4.69, 9.17) is 4.74 Å². The number of nitrogens with zero attached hydrogens (tertiary/aromatic N) is 3. The first-order valence-electron chi connectivity index (χ1n) is 8.67. The van der Waals surface area contributed by atoms with E-state index in [1.54, 1.807) is 11.3 Å². The molecular weight excluding hydrogens is 322 g/mol. The lowest BCUT2D eigenvalue weighted by atomic mass is 10.0. The molecule has 0 radical (unpaired) electrons. The molecule has 1 fully saturated rings. The molecule has 0 N–H and O–H groups in total. The van der Waals surface area contributed by atoms with E-state index in [1.807, 2.05) is 22.7 Å². The van der Waals surface area contributed by atoms with Gasteiger partial charge in [0.2, 0.25) is 5.91 Å². The van der Waals surface area contributed by atoms with E-state index in [1.165, 1.54) is 16.0 Å². The van der Waals surface area contributed by atoms with E-state index in [-0.39, 0.29) is 12.0 Å². The van der Waals surface area contributed by atoms with Crippen LogP contribution in [0.4, 0.5) is 0 Å². The summed E-state index contributed by atoms with van der Waals surface area (Å²) in [5, 5.41) is 6.53. The third kappa shape index (κ3) is 3.13. The second-order valence-corrected chi connectivity index (χ2v) is 7.70. The standard InChI is InChI=1S/C18H23N3O2S/c1-13-10-19-21(11-13)15-3-2-6-20(12-15)17(22)9-16-18-14(4-7-23-16)5-8-24-18/h5,8,10-11,15-16H,2-4,6-7,9,12H2,1H3/t15-,16-/m0/s1. The SMILES string of the molecule is Cc1cnn([C@H]2CCCN(C(=O)C[C@@H]3OCCc4ccsc43)C2)c1. The van der Waals surface area contributed by atoms with Crippen LogP contribution in [0.5, 0.6) is 0 Å². The predicted molar refractivity (Wildman–Crippen MR) is 93.1 cm³/mol. The van der Waals surface area contributed by atoms with Gasteiger partial charge in [-0.1, -0.05) is 0 Å². The molecule has 2 aromatic heterocycles. The number of piperidine rings is 1. The molecule has 1 amide bonds. The average molecular weight is 345 g/mol. The second kappa shape index (κ2) is 6.69. The predicted octanol–water partition coefficient (Wildman–Crippen LogP) is 3.12. The summed E-state index contributed by atoms with van der Waals surface area (Å²) in [6.07, 6.45) is 7.43. The number of rotatable bonds is 3. The molecular formula is C18H23N3O2S. The molecule has 0 unspecified atom stereocenters. The fourth-order valence-corrected chi connectivity index (χ4v) is 4.70. The van der Waals surface area contributed by atoms with Gasteiger partial charge in [-0.15, -0.1) is 11.3 Å². The first-order valence-corrected chi connectivity index (χ1v) is 9.55. The van der Waals surface area contributed by atoms with Crippen molar-refractivity contribution in [3.63, 3.8) is 0 Å². The van der Waals surface area contributed by atoms with E-state index in [9.17, 15) is 4.79 Å². The summed E-state index contributed by atoms with van der Waals surface area (Å²) in [5.74, 6) is 0.204. The molecule has 6 heteroatoms. The van der Waals surface area contributed by atoms with Gasteiger partial charge in [-0.3, -0.25) is 9.48 Å². The molecule has 5 nitrogen and oxygen atoms in total. The van der Waals surface area contributed by atoms with Gasteiger partial charge in [0, 0.05) is 24.2 Å². The number of ether oxygens (including phenoxy) is 1. The molecule has 0 aliphatic carbocycles. The third-order valence-corrected chi connectivity index (χ3v) is 6.03. The summed E-state index contributed by atoms with van der Waals surface area (Å²) in [6, 6.07) is 2.46. The molecule has 2 aromatic rings. The van der Waals surface area contributed by atoms with Gasteiger partial charge in [0.1, 0.15) is 6.10 Å². The molecule has 0 spiro atoms. The van der Waals surface area contributed by atoms with Crippen LogP contribution in [-0.2, 0) is 16.0 Å². The first-order chi connectivity index (χ1) is 11.7. The van der Waals surface area contributed by atoms with E-state index in [0.29, 0.717) is 12.5 Å². The van der Waals surface area contributed by atoms with Crippen molar-refractivity contribution in [2.24, 2.45) is 0 Å². The number of thiophene rings is 1. The van der Waals surface area contributed by atoms with Crippen LogP contribution in [0.1, 0.15) is 47.4 Å². The minimum absolute atomic E-state index is 0.0615. The monoisotopic (exact) mass is 345 g/mol. The highest BCUT2D eigenvalue weighted by Crippen LogP contribution is 2.34. The van der Waals surface area contributed by atoms with Crippen molar-refractivity contribution in [2.45, 2.75) is 44.8 Å².